The third-order valence-corrected chi connectivity index (χ3v) is 3.65. The maximum atomic E-state index is 12.6. The Hall–Kier alpha value is -1.35. The number of aryl methyl sites for hydroxylation is 1. The molecule has 0 unspecified atom stereocenters. The Kier molecular flexibility index (Phi) is 2.86. The molecule has 1 aromatic heterocycles. The molecule has 3 nitrogen and oxygen atoms in total. The maximum Gasteiger partial charge on any atom is 0.263 e. The van der Waals surface area contributed by atoms with Crippen LogP contribution < -0.4 is 5.56 Å². The molecule has 3 rings (SSSR count). The van der Waals surface area contributed by atoms with Crippen molar-refractivity contribution in [3.63, 3.8) is 0 Å². The lowest BCUT2D eigenvalue weighted by atomic mass is 10.2. The molecule has 94 valence electrons. The van der Waals surface area contributed by atoms with Gasteiger partial charge in [-0.15, -0.1) is 0 Å². The van der Waals surface area contributed by atoms with Crippen molar-refractivity contribution in [3.8, 4) is 0 Å². The average molecular weight is 263 g/mol. The Morgan fingerprint density at radius 2 is 2.22 bits per heavy atom. The van der Waals surface area contributed by atoms with Crippen LogP contribution >= 0.6 is 11.6 Å². The Labute approximate surface area is 110 Å². The van der Waals surface area contributed by atoms with E-state index in [4.69, 9.17) is 11.6 Å². The van der Waals surface area contributed by atoms with Crippen molar-refractivity contribution in [2.24, 2.45) is 0 Å². The molecule has 18 heavy (non-hydrogen) atoms. The van der Waals surface area contributed by atoms with E-state index in [0.29, 0.717) is 22.0 Å². The second-order valence-electron chi connectivity index (χ2n) is 4.82. The van der Waals surface area contributed by atoms with Crippen molar-refractivity contribution in [1.82, 2.24) is 9.55 Å². The molecule has 1 aromatic carbocycles. The summed E-state index contributed by atoms with van der Waals surface area (Å²) in [5.41, 5.74) is 0.740. The van der Waals surface area contributed by atoms with Gasteiger partial charge < -0.3 is 0 Å². The van der Waals surface area contributed by atoms with Crippen molar-refractivity contribution in [1.29, 1.82) is 0 Å². The smallest absolute Gasteiger partial charge is 0.263 e. The quantitative estimate of drug-likeness (QED) is 0.850. The van der Waals surface area contributed by atoms with Crippen LogP contribution in [0.1, 0.15) is 38.1 Å². The zero-order valence-corrected chi connectivity index (χ0v) is 11.1. The SMILES string of the molecule is CCCc1nc2cccc(Cl)c2c(=O)n1C1CC1. The molecule has 0 bridgehead atoms. The highest BCUT2D eigenvalue weighted by Gasteiger charge is 2.28. The summed E-state index contributed by atoms with van der Waals surface area (Å²) in [6.07, 6.45) is 3.99. The standard InChI is InChI=1S/C14H15ClN2O/c1-2-4-12-16-11-6-3-5-10(15)13(11)14(18)17(12)9-7-8-9/h3,5-6,9H,2,4,7-8H2,1H3. The van der Waals surface area contributed by atoms with Crippen LogP contribution in [0.2, 0.25) is 5.02 Å². The fourth-order valence-electron chi connectivity index (χ4n) is 2.36. The lowest BCUT2D eigenvalue weighted by Crippen LogP contribution is -2.24. The summed E-state index contributed by atoms with van der Waals surface area (Å²) >= 11 is 6.14. The summed E-state index contributed by atoms with van der Waals surface area (Å²) < 4.78 is 1.86. The first-order chi connectivity index (χ1) is 8.72. The first kappa shape index (κ1) is 11.7. The maximum absolute atomic E-state index is 12.6. The number of hydrogen-bond donors (Lipinski definition) is 0. The summed E-state index contributed by atoms with van der Waals surface area (Å²) in [6, 6.07) is 5.80. The van der Waals surface area contributed by atoms with Gasteiger partial charge in [0.2, 0.25) is 0 Å². The number of hydrogen-bond acceptors (Lipinski definition) is 2. The van der Waals surface area contributed by atoms with Crippen LogP contribution in [0.3, 0.4) is 0 Å². The summed E-state index contributed by atoms with van der Waals surface area (Å²) in [4.78, 5) is 17.2. The fourth-order valence-corrected chi connectivity index (χ4v) is 2.61. The van der Waals surface area contributed by atoms with Crippen LogP contribution in [0.4, 0.5) is 0 Å². The van der Waals surface area contributed by atoms with Crippen molar-refractivity contribution < 1.29 is 0 Å². The minimum atomic E-state index is 0.0246. The Bertz CT molecular complexity index is 659. The van der Waals surface area contributed by atoms with Crippen LogP contribution in [0.5, 0.6) is 0 Å². The second-order valence-corrected chi connectivity index (χ2v) is 5.23. The second kappa shape index (κ2) is 4.39. The van der Waals surface area contributed by atoms with Gasteiger partial charge in [-0.25, -0.2) is 4.98 Å². The zero-order valence-electron chi connectivity index (χ0n) is 10.3. The highest BCUT2D eigenvalue weighted by molar-refractivity contribution is 6.35. The normalized spacial score (nSPS) is 15.2. The molecule has 0 N–H and O–H groups in total. The third kappa shape index (κ3) is 1.83. The highest BCUT2D eigenvalue weighted by atomic mass is 35.5. The monoisotopic (exact) mass is 262 g/mol. The van der Waals surface area contributed by atoms with E-state index < -0.39 is 0 Å². The minimum absolute atomic E-state index is 0.0246. The van der Waals surface area contributed by atoms with Crippen LogP contribution in [0, 0.1) is 0 Å². The topological polar surface area (TPSA) is 34.9 Å². The first-order valence-electron chi connectivity index (χ1n) is 6.42. The van der Waals surface area contributed by atoms with Gasteiger partial charge in [-0.1, -0.05) is 24.6 Å². The number of aromatic nitrogens is 2. The van der Waals surface area contributed by atoms with Gasteiger partial charge in [0, 0.05) is 12.5 Å². The van der Waals surface area contributed by atoms with Crippen molar-refractivity contribution in [2.75, 3.05) is 0 Å². The molecule has 0 radical (unpaired) electrons. The molecule has 0 spiro atoms. The van der Waals surface area contributed by atoms with E-state index in [9.17, 15) is 4.79 Å². The highest BCUT2D eigenvalue weighted by Crippen LogP contribution is 2.35. The van der Waals surface area contributed by atoms with Crippen LogP contribution in [-0.4, -0.2) is 9.55 Å². The molecule has 1 heterocycles. The van der Waals surface area contributed by atoms with Gasteiger partial charge in [-0.05, 0) is 31.4 Å². The van der Waals surface area contributed by atoms with E-state index in [-0.39, 0.29) is 5.56 Å². The first-order valence-corrected chi connectivity index (χ1v) is 6.79. The average Bonchev–Trinajstić information content (AvgIpc) is 3.13. The number of halogens is 1. The van der Waals surface area contributed by atoms with Gasteiger partial charge >= 0.3 is 0 Å². The summed E-state index contributed by atoms with van der Waals surface area (Å²) in [5.74, 6) is 0.903. The number of nitrogens with zero attached hydrogens (tertiary/aromatic N) is 2. The van der Waals surface area contributed by atoms with E-state index in [1.54, 1.807) is 6.07 Å². The lowest BCUT2D eigenvalue weighted by molar-refractivity contribution is 0.631. The van der Waals surface area contributed by atoms with Crippen LogP contribution in [0.25, 0.3) is 10.9 Å². The number of fused-ring (bicyclic) bond motifs is 1. The van der Waals surface area contributed by atoms with Crippen molar-refractivity contribution in [2.45, 2.75) is 38.6 Å². The van der Waals surface area contributed by atoms with Gasteiger partial charge in [0.1, 0.15) is 5.82 Å². The van der Waals surface area contributed by atoms with Crippen molar-refractivity contribution in [3.05, 3.63) is 39.4 Å². The van der Waals surface area contributed by atoms with Crippen molar-refractivity contribution >= 4 is 22.5 Å². The predicted octanol–water partition coefficient (Wildman–Crippen LogP) is 3.34. The molecule has 0 amide bonds. The largest absolute Gasteiger partial charge is 0.293 e. The summed E-state index contributed by atoms with van der Waals surface area (Å²) in [5, 5.41) is 1.06. The minimum Gasteiger partial charge on any atom is -0.293 e. The molecule has 2 aromatic rings. The molecule has 0 atom stereocenters. The molecule has 4 heteroatoms. The third-order valence-electron chi connectivity index (χ3n) is 3.34. The van der Waals surface area contributed by atoms with E-state index in [2.05, 4.69) is 11.9 Å². The molecular weight excluding hydrogens is 248 g/mol. The Morgan fingerprint density at radius 1 is 1.44 bits per heavy atom. The van der Waals surface area contributed by atoms with Crippen LogP contribution in [-0.2, 0) is 6.42 Å². The number of benzene rings is 1. The molecule has 1 saturated carbocycles. The molecule has 1 aliphatic carbocycles. The van der Waals surface area contributed by atoms with Gasteiger partial charge in [-0.2, -0.15) is 0 Å². The Morgan fingerprint density at radius 3 is 2.89 bits per heavy atom. The number of rotatable bonds is 3. The van der Waals surface area contributed by atoms with Gasteiger partial charge in [-0.3, -0.25) is 9.36 Å². The summed E-state index contributed by atoms with van der Waals surface area (Å²) in [6.45, 7) is 2.10. The molecule has 1 aliphatic rings. The van der Waals surface area contributed by atoms with Gasteiger partial charge in [0.25, 0.3) is 5.56 Å². The fraction of sp³-hybridized carbons (Fsp3) is 0.429. The summed E-state index contributed by atoms with van der Waals surface area (Å²) in [7, 11) is 0. The zero-order chi connectivity index (χ0) is 12.7. The van der Waals surface area contributed by atoms with E-state index >= 15 is 0 Å². The van der Waals surface area contributed by atoms with Gasteiger partial charge in [0.15, 0.2) is 0 Å². The molecular formula is C14H15ClN2O. The molecule has 1 fully saturated rings. The van der Waals surface area contributed by atoms with E-state index in [1.807, 2.05) is 16.7 Å². The van der Waals surface area contributed by atoms with E-state index in [0.717, 1.165) is 31.5 Å². The van der Waals surface area contributed by atoms with Gasteiger partial charge in [0.05, 0.1) is 15.9 Å². The van der Waals surface area contributed by atoms with Crippen LogP contribution in [0.15, 0.2) is 23.0 Å². The Balaban J connectivity index is 2.34. The molecule has 0 saturated heterocycles. The predicted molar refractivity (Wildman–Crippen MR) is 73.3 cm³/mol. The van der Waals surface area contributed by atoms with E-state index in [1.165, 1.54) is 0 Å². The molecule has 0 aliphatic heterocycles. The lowest BCUT2D eigenvalue weighted by Gasteiger charge is -2.12.